The number of aromatic nitrogens is 2. The van der Waals surface area contributed by atoms with Crippen molar-refractivity contribution in [2.45, 2.75) is 6.92 Å². The van der Waals surface area contributed by atoms with Gasteiger partial charge in [-0.2, -0.15) is 8.42 Å². The zero-order valence-corrected chi connectivity index (χ0v) is 14.6. The van der Waals surface area contributed by atoms with Crippen LogP contribution < -0.4 is 0 Å². The van der Waals surface area contributed by atoms with Gasteiger partial charge in [0.2, 0.25) is 0 Å². The summed E-state index contributed by atoms with van der Waals surface area (Å²) in [5.41, 5.74) is -0.359. The van der Waals surface area contributed by atoms with Crippen LogP contribution in [0.5, 0.6) is 11.5 Å². The number of hydrogen-bond donors (Lipinski definition) is 5. The first-order valence-corrected chi connectivity index (χ1v) is 8.25. The van der Waals surface area contributed by atoms with E-state index in [0.29, 0.717) is 0 Å². The molecule has 2 aromatic heterocycles. The summed E-state index contributed by atoms with van der Waals surface area (Å²) in [7, 11) is -4.67. The second-order valence-electron chi connectivity index (χ2n) is 4.22. The predicted molar refractivity (Wildman–Crippen MR) is 88.9 cm³/mol. The third-order valence-electron chi connectivity index (χ3n) is 2.24. The largest absolute Gasteiger partial charge is 0.505 e. The average molecular weight is 404 g/mol. The molecule has 0 radical (unpaired) electrons. The summed E-state index contributed by atoms with van der Waals surface area (Å²) >= 11 is 0. The lowest BCUT2D eigenvalue weighted by Crippen LogP contribution is -2.06. The minimum atomic E-state index is -4.67. The van der Waals surface area contributed by atoms with Gasteiger partial charge in [0.05, 0.1) is 6.61 Å². The first kappa shape index (κ1) is 23.7. The van der Waals surface area contributed by atoms with Crippen molar-refractivity contribution in [3.63, 3.8) is 0 Å². The van der Waals surface area contributed by atoms with Crippen LogP contribution in [0.1, 0.15) is 27.9 Å². The zero-order valence-electron chi connectivity index (χ0n) is 13.8. The number of hydrogen-bond acceptors (Lipinski definition) is 9. The van der Waals surface area contributed by atoms with Crippen LogP contribution in [0.3, 0.4) is 0 Å². The number of aromatic hydroxyl groups is 2. The fraction of sp³-hybridized carbons (Fsp3) is 0.143. The Kier molecular flexibility index (Phi) is 9.97. The number of carboxylic acid groups (broad SMARTS) is 1. The minimum absolute atomic E-state index is 0.0423. The molecule has 12 nitrogen and oxygen atoms in total. The monoisotopic (exact) mass is 404 g/mol. The second kappa shape index (κ2) is 11.3. The maximum atomic E-state index is 11.0. The molecule has 0 fully saturated rings. The molecule has 0 saturated carbocycles. The third-order valence-corrected chi connectivity index (χ3v) is 2.24. The molecule has 0 unspecified atom stereocenters. The lowest BCUT2D eigenvalue weighted by molar-refractivity contribution is 0.0515. The van der Waals surface area contributed by atoms with Gasteiger partial charge in [0.15, 0.2) is 11.4 Å². The highest BCUT2D eigenvalue weighted by Crippen LogP contribution is 2.13. The number of rotatable bonds is 3. The molecule has 0 aliphatic rings. The molecular formula is C14H16N2O10S. The Bertz CT molecular complexity index is 862. The molecule has 0 saturated heterocycles. The molecule has 2 heterocycles. The predicted octanol–water partition coefficient (Wildman–Crippen LogP) is 0.796. The smallest absolute Gasteiger partial charge is 0.394 e. The summed E-state index contributed by atoms with van der Waals surface area (Å²) < 4.78 is 36.2. The van der Waals surface area contributed by atoms with Gasteiger partial charge in [-0.15, -0.1) is 0 Å². The van der Waals surface area contributed by atoms with Crippen molar-refractivity contribution in [1.29, 1.82) is 0 Å². The number of carboxylic acids is 1. The number of aromatic carboxylic acids is 1. The number of pyridine rings is 2. The van der Waals surface area contributed by atoms with Crippen molar-refractivity contribution in [3.8, 4) is 11.5 Å². The Morgan fingerprint density at radius 1 is 1.00 bits per heavy atom. The van der Waals surface area contributed by atoms with Crippen molar-refractivity contribution < 1.29 is 47.2 Å². The van der Waals surface area contributed by atoms with Crippen molar-refractivity contribution >= 4 is 22.3 Å². The highest BCUT2D eigenvalue weighted by atomic mass is 32.3. The summed E-state index contributed by atoms with van der Waals surface area (Å²) in [6.07, 6.45) is 2.73. The molecule has 0 aliphatic carbocycles. The van der Waals surface area contributed by atoms with Crippen molar-refractivity contribution in [2.75, 3.05) is 6.61 Å². The van der Waals surface area contributed by atoms with E-state index < -0.39 is 22.3 Å². The summed E-state index contributed by atoms with van der Waals surface area (Å²) in [5, 5.41) is 26.3. The number of ether oxygens (including phenoxy) is 1. The Morgan fingerprint density at radius 2 is 1.41 bits per heavy atom. The van der Waals surface area contributed by atoms with Crippen LogP contribution in [0.2, 0.25) is 0 Å². The molecule has 2 aromatic rings. The normalized spacial score (nSPS) is 9.74. The van der Waals surface area contributed by atoms with E-state index >= 15 is 0 Å². The van der Waals surface area contributed by atoms with Gasteiger partial charge in [-0.3, -0.25) is 9.11 Å². The molecule has 0 aliphatic heterocycles. The summed E-state index contributed by atoms with van der Waals surface area (Å²) in [6, 6.07) is 5.66. The molecule has 2 rings (SSSR count). The lowest BCUT2D eigenvalue weighted by Gasteiger charge is -2.01. The van der Waals surface area contributed by atoms with E-state index in [9.17, 15) is 9.59 Å². The van der Waals surface area contributed by atoms with E-state index in [2.05, 4.69) is 14.7 Å². The van der Waals surface area contributed by atoms with Gasteiger partial charge in [0.25, 0.3) is 0 Å². The van der Waals surface area contributed by atoms with E-state index in [1.807, 2.05) is 0 Å². The number of carbonyl (C=O) groups excluding carboxylic acids is 1. The van der Waals surface area contributed by atoms with Gasteiger partial charge in [0.1, 0.15) is 11.5 Å². The summed E-state index contributed by atoms with van der Waals surface area (Å²) in [5.74, 6) is -2.29. The van der Waals surface area contributed by atoms with Gasteiger partial charge in [-0.05, 0) is 31.2 Å². The van der Waals surface area contributed by atoms with Crippen molar-refractivity contribution in [1.82, 2.24) is 9.97 Å². The van der Waals surface area contributed by atoms with E-state index in [1.54, 1.807) is 6.92 Å². The molecule has 13 heteroatoms. The highest BCUT2D eigenvalue weighted by molar-refractivity contribution is 7.79. The summed E-state index contributed by atoms with van der Waals surface area (Å²) in [4.78, 5) is 28.3. The molecule has 0 spiro atoms. The molecule has 27 heavy (non-hydrogen) atoms. The Balaban J connectivity index is 0.000000408. The molecule has 0 amide bonds. The van der Waals surface area contributed by atoms with E-state index in [4.69, 9.17) is 32.8 Å². The van der Waals surface area contributed by atoms with Crippen LogP contribution in [0, 0.1) is 0 Å². The molecule has 5 N–H and O–H groups in total. The Morgan fingerprint density at radius 3 is 1.70 bits per heavy atom. The van der Waals surface area contributed by atoms with Gasteiger partial charge in [0, 0.05) is 12.4 Å². The maximum Gasteiger partial charge on any atom is 0.394 e. The average Bonchev–Trinajstić information content (AvgIpc) is 2.54. The lowest BCUT2D eigenvalue weighted by atomic mass is 10.3. The van der Waals surface area contributed by atoms with E-state index in [0.717, 1.165) is 0 Å². The zero-order chi connectivity index (χ0) is 21.0. The van der Waals surface area contributed by atoms with Crippen LogP contribution in [0.25, 0.3) is 0 Å². The number of nitrogens with zero attached hydrogens (tertiary/aromatic N) is 2. The fourth-order valence-corrected chi connectivity index (χ4v) is 1.32. The number of esters is 1. The van der Waals surface area contributed by atoms with Crippen LogP contribution in [-0.2, 0) is 15.1 Å². The SMILES string of the molecule is CCOC(=O)c1ncccc1O.O=C(O)c1ncccc1O.O=S(=O)(O)O. The third kappa shape index (κ3) is 11.0. The Labute approximate surface area is 153 Å². The van der Waals surface area contributed by atoms with Crippen LogP contribution in [0.15, 0.2) is 36.7 Å². The van der Waals surface area contributed by atoms with Crippen molar-refractivity contribution in [2.24, 2.45) is 0 Å². The topological polar surface area (TPSA) is 204 Å². The van der Waals surface area contributed by atoms with E-state index in [-0.39, 0.29) is 29.5 Å². The highest BCUT2D eigenvalue weighted by Gasteiger charge is 2.12. The van der Waals surface area contributed by atoms with Gasteiger partial charge in [-0.1, -0.05) is 0 Å². The van der Waals surface area contributed by atoms with Gasteiger partial charge < -0.3 is 20.1 Å². The van der Waals surface area contributed by atoms with Crippen LogP contribution in [-0.4, -0.2) is 61.4 Å². The Hall–Kier alpha value is -3.29. The number of carbonyl (C=O) groups is 2. The quantitative estimate of drug-likeness (QED) is 0.356. The molecule has 0 atom stereocenters. The standard InChI is InChI=1S/C8H9NO3.C6H5NO3.H2O4S/c1-2-12-8(11)7-6(10)4-3-5-9-7;8-4-2-1-3-7-5(4)6(9)10;1-5(2,3)4/h3-5,10H,2H2,1H3;1-3,8H,(H,9,10);(H2,1,2,3,4). The second-order valence-corrected chi connectivity index (χ2v) is 5.11. The molecule has 0 aromatic carbocycles. The van der Waals surface area contributed by atoms with Crippen LogP contribution in [0.4, 0.5) is 0 Å². The molecule has 148 valence electrons. The van der Waals surface area contributed by atoms with E-state index in [1.165, 1.54) is 36.7 Å². The molecular weight excluding hydrogens is 388 g/mol. The van der Waals surface area contributed by atoms with Gasteiger partial charge >= 0.3 is 22.3 Å². The fourth-order valence-electron chi connectivity index (χ4n) is 1.32. The minimum Gasteiger partial charge on any atom is -0.505 e. The first-order valence-electron chi connectivity index (χ1n) is 6.85. The molecule has 0 bridgehead atoms. The van der Waals surface area contributed by atoms with Crippen molar-refractivity contribution in [3.05, 3.63) is 48.0 Å². The van der Waals surface area contributed by atoms with Gasteiger partial charge in [-0.25, -0.2) is 19.6 Å². The maximum absolute atomic E-state index is 11.0. The first-order chi connectivity index (χ1) is 12.5. The summed E-state index contributed by atoms with van der Waals surface area (Å²) in [6.45, 7) is 1.97. The van der Waals surface area contributed by atoms with Crippen LogP contribution >= 0.6 is 0 Å².